The lowest BCUT2D eigenvalue weighted by molar-refractivity contribution is -0.131. The Morgan fingerprint density at radius 3 is 2.46 bits per heavy atom. The topological polar surface area (TPSA) is 39.7 Å². The molecule has 6 heteroatoms. The number of piperazine rings is 1. The van der Waals surface area contributed by atoms with E-state index in [-0.39, 0.29) is 0 Å². The van der Waals surface area contributed by atoms with E-state index in [1.165, 1.54) is 44.5 Å². The van der Waals surface area contributed by atoms with Gasteiger partial charge in [-0.25, -0.2) is 4.98 Å². The third-order valence-corrected chi connectivity index (χ3v) is 5.94. The van der Waals surface area contributed by atoms with Crippen molar-refractivity contribution in [1.29, 1.82) is 0 Å². The summed E-state index contributed by atoms with van der Waals surface area (Å²) in [5.74, 6) is 0.304. The molecule has 1 aromatic rings. The van der Waals surface area contributed by atoms with Gasteiger partial charge >= 0.3 is 0 Å². The van der Waals surface area contributed by atoms with Crippen molar-refractivity contribution >= 4 is 22.4 Å². The lowest BCUT2D eigenvalue weighted by Gasteiger charge is -2.34. The Bertz CT molecular complexity index is 517. The number of thiazole rings is 1. The van der Waals surface area contributed by atoms with Crippen molar-refractivity contribution in [3.63, 3.8) is 0 Å². The minimum absolute atomic E-state index is 0.304. The van der Waals surface area contributed by atoms with E-state index in [0.717, 1.165) is 44.3 Å². The molecule has 3 heterocycles. The SMILES string of the molecule is CCCC(=O)N1CCN(c2nc(CN3CCCCCC3)cs2)CC1. The fourth-order valence-electron chi connectivity index (χ4n) is 3.56. The van der Waals surface area contributed by atoms with Gasteiger partial charge in [0.1, 0.15) is 0 Å². The average Bonchev–Trinajstić information content (AvgIpc) is 2.91. The molecule has 0 unspecified atom stereocenters. The van der Waals surface area contributed by atoms with Crippen LogP contribution in [0.4, 0.5) is 5.13 Å². The monoisotopic (exact) mass is 350 g/mol. The molecular formula is C18H30N4OS. The summed E-state index contributed by atoms with van der Waals surface area (Å²) >= 11 is 1.75. The van der Waals surface area contributed by atoms with Gasteiger partial charge in [-0.2, -0.15) is 0 Å². The van der Waals surface area contributed by atoms with Gasteiger partial charge in [-0.3, -0.25) is 9.69 Å². The summed E-state index contributed by atoms with van der Waals surface area (Å²) in [5.41, 5.74) is 1.21. The van der Waals surface area contributed by atoms with Gasteiger partial charge in [-0.15, -0.1) is 11.3 Å². The molecule has 0 atom stereocenters. The van der Waals surface area contributed by atoms with Crippen molar-refractivity contribution in [3.05, 3.63) is 11.1 Å². The van der Waals surface area contributed by atoms with Crippen LogP contribution >= 0.6 is 11.3 Å². The van der Waals surface area contributed by atoms with Crippen LogP contribution in [-0.4, -0.2) is 60.0 Å². The smallest absolute Gasteiger partial charge is 0.222 e. The Morgan fingerprint density at radius 1 is 1.08 bits per heavy atom. The van der Waals surface area contributed by atoms with Crippen LogP contribution in [0.3, 0.4) is 0 Å². The van der Waals surface area contributed by atoms with Crippen LogP contribution < -0.4 is 4.90 Å². The number of amides is 1. The predicted octanol–water partition coefficient (Wildman–Crippen LogP) is 2.97. The molecule has 2 aliphatic rings. The molecule has 1 aromatic heterocycles. The Hall–Kier alpha value is -1.14. The molecule has 1 amide bonds. The maximum atomic E-state index is 12.0. The average molecular weight is 351 g/mol. The molecule has 2 fully saturated rings. The van der Waals surface area contributed by atoms with Crippen molar-refractivity contribution in [3.8, 4) is 0 Å². The Morgan fingerprint density at radius 2 is 1.79 bits per heavy atom. The molecule has 24 heavy (non-hydrogen) atoms. The Kier molecular flexibility index (Phi) is 6.49. The van der Waals surface area contributed by atoms with Crippen LogP contribution in [0.2, 0.25) is 0 Å². The number of hydrogen-bond acceptors (Lipinski definition) is 5. The highest BCUT2D eigenvalue weighted by Gasteiger charge is 2.22. The largest absolute Gasteiger partial charge is 0.345 e. The highest BCUT2D eigenvalue weighted by Crippen LogP contribution is 2.23. The van der Waals surface area contributed by atoms with Gasteiger partial charge in [0.2, 0.25) is 5.91 Å². The van der Waals surface area contributed by atoms with Gasteiger partial charge in [0, 0.05) is 44.5 Å². The molecule has 2 saturated heterocycles. The first kappa shape index (κ1) is 17.7. The minimum Gasteiger partial charge on any atom is -0.345 e. The molecule has 2 aliphatic heterocycles. The highest BCUT2D eigenvalue weighted by atomic mass is 32.1. The third-order valence-electron chi connectivity index (χ3n) is 4.99. The second-order valence-corrected chi connectivity index (χ2v) is 7.77. The van der Waals surface area contributed by atoms with Gasteiger partial charge in [0.15, 0.2) is 5.13 Å². The number of nitrogens with zero attached hydrogens (tertiary/aromatic N) is 4. The van der Waals surface area contributed by atoms with Crippen molar-refractivity contribution in [2.75, 3.05) is 44.2 Å². The molecule has 5 nitrogen and oxygen atoms in total. The van der Waals surface area contributed by atoms with Crippen molar-refractivity contribution in [2.24, 2.45) is 0 Å². The maximum absolute atomic E-state index is 12.0. The van der Waals surface area contributed by atoms with E-state index in [0.29, 0.717) is 12.3 Å². The molecular weight excluding hydrogens is 320 g/mol. The third kappa shape index (κ3) is 4.70. The van der Waals surface area contributed by atoms with Crippen LogP contribution in [0, 0.1) is 0 Å². The number of carbonyl (C=O) groups excluding carboxylic acids is 1. The zero-order chi connectivity index (χ0) is 16.8. The molecule has 0 aromatic carbocycles. The summed E-state index contributed by atoms with van der Waals surface area (Å²) in [7, 11) is 0. The Labute approximate surface area is 149 Å². The highest BCUT2D eigenvalue weighted by molar-refractivity contribution is 7.13. The second kappa shape index (κ2) is 8.81. The summed E-state index contributed by atoms with van der Waals surface area (Å²) in [6.07, 6.45) is 7.01. The summed E-state index contributed by atoms with van der Waals surface area (Å²) in [5, 5.41) is 3.34. The fraction of sp³-hybridized carbons (Fsp3) is 0.778. The van der Waals surface area contributed by atoms with E-state index < -0.39 is 0 Å². The predicted molar refractivity (Wildman–Crippen MR) is 99.6 cm³/mol. The van der Waals surface area contributed by atoms with Crippen LogP contribution in [-0.2, 0) is 11.3 Å². The van der Waals surface area contributed by atoms with Crippen LogP contribution in [0.15, 0.2) is 5.38 Å². The normalized spacial score (nSPS) is 20.2. The fourth-order valence-corrected chi connectivity index (χ4v) is 4.43. The number of hydrogen-bond donors (Lipinski definition) is 0. The summed E-state index contributed by atoms with van der Waals surface area (Å²) < 4.78 is 0. The van der Waals surface area contributed by atoms with Crippen LogP contribution in [0.5, 0.6) is 0 Å². The van der Waals surface area contributed by atoms with Gasteiger partial charge in [0.25, 0.3) is 0 Å². The second-order valence-electron chi connectivity index (χ2n) is 6.93. The van der Waals surface area contributed by atoms with Gasteiger partial charge in [-0.1, -0.05) is 19.8 Å². The number of likely N-dealkylation sites (tertiary alicyclic amines) is 1. The molecule has 0 saturated carbocycles. The number of carbonyl (C=O) groups is 1. The van der Waals surface area contributed by atoms with E-state index in [4.69, 9.17) is 4.98 Å². The van der Waals surface area contributed by atoms with Gasteiger partial charge in [0.05, 0.1) is 5.69 Å². The van der Waals surface area contributed by atoms with E-state index in [9.17, 15) is 4.79 Å². The van der Waals surface area contributed by atoms with Crippen LogP contribution in [0.1, 0.15) is 51.1 Å². The first-order valence-corrected chi connectivity index (χ1v) is 10.3. The quantitative estimate of drug-likeness (QED) is 0.818. The first-order valence-electron chi connectivity index (χ1n) is 9.45. The molecule has 0 aliphatic carbocycles. The van der Waals surface area contributed by atoms with E-state index >= 15 is 0 Å². The van der Waals surface area contributed by atoms with E-state index in [1.807, 2.05) is 4.90 Å². The van der Waals surface area contributed by atoms with E-state index in [2.05, 4.69) is 22.1 Å². The van der Waals surface area contributed by atoms with Crippen molar-refractivity contribution in [1.82, 2.24) is 14.8 Å². The zero-order valence-corrected chi connectivity index (χ0v) is 15.7. The first-order chi connectivity index (χ1) is 11.8. The van der Waals surface area contributed by atoms with E-state index in [1.54, 1.807) is 11.3 Å². The number of aromatic nitrogens is 1. The molecule has 3 rings (SSSR count). The van der Waals surface area contributed by atoms with Gasteiger partial charge in [-0.05, 0) is 32.4 Å². The molecule has 0 radical (unpaired) electrons. The molecule has 0 N–H and O–H groups in total. The molecule has 0 bridgehead atoms. The number of anilines is 1. The Balaban J connectivity index is 1.50. The zero-order valence-electron chi connectivity index (χ0n) is 14.9. The maximum Gasteiger partial charge on any atom is 0.222 e. The molecule has 134 valence electrons. The summed E-state index contributed by atoms with van der Waals surface area (Å²) in [6.45, 7) is 8.97. The standard InChI is InChI=1S/C18H30N4OS/c1-2-7-17(23)21-10-12-22(13-11-21)18-19-16(15-24-18)14-20-8-5-3-4-6-9-20/h15H,2-14H2,1H3. The van der Waals surface area contributed by atoms with Crippen molar-refractivity contribution < 1.29 is 4.79 Å². The summed E-state index contributed by atoms with van der Waals surface area (Å²) in [4.78, 5) is 23.7. The number of rotatable bonds is 5. The summed E-state index contributed by atoms with van der Waals surface area (Å²) in [6, 6.07) is 0. The lowest BCUT2D eigenvalue weighted by Crippen LogP contribution is -2.48. The van der Waals surface area contributed by atoms with Gasteiger partial charge < -0.3 is 9.80 Å². The molecule has 0 spiro atoms. The van der Waals surface area contributed by atoms with Crippen LogP contribution in [0.25, 0.3) is 0 Å². The lowest BCUT2D eigenvalue weighted by atomic mass is 10.2. The minimum atomic E-state index is 0.304. The van der Waals surface area contributed by atoms with Crippen molar-refractivity contribution in [2.45, 2.75) is 52.0 Å².